The maximum absolute atomic E-state index is 11.7. The molecule has 126 valence electrons. The monoisotopic (exact) mass is 329 g/mol. The lowest BCUT2D eigenvalue weighted by Gasteiger charge is -2.15. The molecule has 0 amide bonds. The van der Waals surface area contributed by atoms with Gasteiger partial charge in [0.2, 0.25) is 0 Å². The van der Waals surface area contributed by atoms with Crippen LogP contribution in [-0.4, -0.2) is 23.1 Å². The van der Waals surface area contributed by atoms with E-state index in [0.29, 0.717) is 12.8 Å². The van der Waals surface area contributed by atoms with Crippen molar-refractivity contribution < 1.29 is 24.3 Å². The summed E-state index contributed by atoms with van der Waals surface area (Å²) in [5.41, 5.74) is 2.06. The summed E-state index contributed by atoms with van der Waals surface area (Å²) >= 11 is 0. The second-order valence-corrected chi connectivity index (χ2v) is 5.26. The predicted molar refractivity (Wildman–Crippen MR) is 87.0 cm³/mol. The minimum absolute atomic E-state index is 0.219. The van der Waals surface area contributed by atoms with Crippen molar-refractivity contribution in [1.29, 1.82) is 0 Å². The smallest absolute Gasteiger partial charge is 0.353 e. The SMILES string of the molecule is NOC(=O)[C@H](CCc1ccc(C(=O)O)cc1)OCc1ccccc1. The van der Waals surface area contributed by atoms with Crippen LogP contribution in [0.1, 0.15) is 27.9 Å². The number of aromatic carboxylic acids is 1. The molecule has 0 fully saturated rings. The van der Waals surface area contributed by atoms with Gasteiger partial charge < -0.3 is 14.7 Å². The zero-order valence-electron chi connectivity index (χ0n) is 13.1. The fraction of sp³-hybridized carbons (Fsp3) is 0.222. The Bertz CT molecular complexity index is 670. The van der Waals surface area contributed by atoms with Crippen molar-refractivity contribution in [1.82, 2.24) is 0 Å². The van der Waals surface area contributed by atoms with Gasteiger partial charge in [0.05, 0.1) is 12.2 Å². The van der Waals surface area contributed by atoms with Gasteiger partial charge in [0.15, 0.2) is 6.10 Å². The molecule has 2 aromatic carbocycles. The van der Waals surface area contributed by atoms with Crippen LogP contribution in [0.3, 0.4) is 0 Å². The first kappa shape index (κ1) is 17.7. The van der Waals surface area contributed by atoms with E-state index >= 15 is 0 Å². The number of benzene rings is 2. The fourth-order valence-electron chi connectivity index (χ4n) is 2.23. The van der Waals surface area contributed by atoms with E-state index < -0.39 is 18.0 Å². The second-order valence-electron chi connectivity index (χ2n) is 5.26. The molecule has 24 heavy (non-hydrogen) atoms. The van der Waals surface area contributed by atoms with E-state index in [-0.39, 0.29) is 12.2 Å². The highest BCUT2D eigenvalue weighted by molar-refractivity contribution is 5.87. The molecule has 0 saturated carbocycles. The number of hydrogen-bond acceptors (Lipinski definition) is 5. The normalized spacial score (nSPS) is 11.7. The number of carbonyl (C=O) groups excluding carboxylic acids is 1. The molecule has 0 unspecified atom stereocenters. The van der Waals surface area contributed by atoms with Crippen LogP contribution < -0.4 is 5.90 Å². The largest absolute Gasteiger partial charge is 0.478 e. The number of ether oxygens (including phenoxy) is 1. The lowest BCUT2D eigenvalue weighted by Crippen LogP contribution is -2.29. The van der Waals surface area contributed by atoms with Gasteiger partial charge in [-0.1, -0.05) is 42.5 Å². The second kappa shape index (κ2) is 8.81. The summed E-state index contributed by atoms with van der Waals surface area (Å²) in [5.74, 6) is 3.36. The molecule has 6 nitrogen and oxygen atoms in total. The third-order valence-electron chi connectivity index (χ3n) is 3.57. The number of carboxylic acids is 1. The van der Waals surface area contributed by atoms with E-state index in [0.717, 1.165) is 11.1 Å². The van der Waals surface area contributed by atoms with Crippen LogP contribution in [0.4, 0.5) is 0 Å². The zero-order valence-corrected chi connectivity index (χ0v) is 13.1. The number of hydrogen-bond donors (Lipinski definition) is 2. The Kier molecular flexibility index (Phi) is 6.48. The highest BCUT2D eigenvalue weighted by Gasteiger charge is 2.20. The third-order valence-corrected chi connectivity index (χ3v) is 3.57. The first-order chi connectivity index (χ1) is 11.6. The van der Waals surface area contributed by atoms with E-state index in [2.05, 4.69) is 4.84 Å². The molecule has 2 aromatic rings. The van der Waals surface area contributed by atoms with Gasteiger partial charge in [0, 0.05) is 0 Å². The van der Waals surface area contributed by atoms with Crippen molar-refractivity contribution in [2.24, 2.45) is 5.90 Å². The fourth-order valence-corrected chi connectivity index (χ4v) is 2.23. The van der Waals surface area contributed by atoms with Crippen molar-refractivity contribution >= 4 is 11.9 Å². The lowest BCUT2D eigenvalue weighted by atomic mass is 10.0. The minimum Gasteiger partial charge on any atom is -0.478 e. The average molecular weight is 329 g/mol. The maximum Gasteiger partial charge on any atom is 0.353 e. The summed E-state index contributed by atoms with van der Waals surface area (Å²) in [6.45, 7) is 0.276. The molecular formula is C18H19NO5. The predicted octanol–water partition coefficient (Wildman–Crippen LogP) is 2.32. The Morgan fingerprint density at radius 1 is 1.00 bits per heavy atom. The molecule has 0 heterocycles. The Morgan fingerprint density at radius 2 is 1.67 bits per heavy atom. The van der Waals surface area contributed by atoms with Crippen molar-refractivity contribution in [2.45, 2.75) is 25.6 Å². The summed E-state index contributed by atoms with van der Waals surface area (Å²) in [4.78, 5) is 26.9. The van der Waals surface area contributed by atoms with Gasteiger partial charge in [-0.05, 0) is 36.1 Å². The molecule has 3 N–H and O–H groups in total. The summed E-state index contributed by atoms with van der Waals surface area (Å²) in [6, 6.07) is 16.0. The number of nitrogens with two attached hydrogens (primary N) is 1. The van der Waals surface area contributed by atoms with Gasteiger partial charge in [-0.25, -0.2) is 9.59 Å². The van der Waals surface area contributed by atoms with E-state index in [1.54, 1.807) is 12.1 Å². The summed E-state index contributed by atoms with van der Waals surface area (Å²) in [5, 5.41) is 8.88. The quantitative estimate of drug-likeness (QED) is 0.721. The van der Waals surface area contributed by atoms with Crippen LogP contribution in [0.25, 0.3) is 0 Å². The summed E-state index contributed by atoms with van der Waals surface area (Å²) < 4.78 is 5.62. The first-order valence-corrected chi connectivity index (χ1v) is 7.48. The Morgan fingerprint density at radius 3 is 2.25 bits per heavy atom. The molecule has 0 bridgehead atoms. The van der Waals surface area contributed by atoms with Crippen LogP contribution in [0.15, 0.2) is 54.6 Å². The Balaban J connectivity index is 1.93. The van der Waals surface area contributed by atoms with Crippen LogP contribution in [0.2, 0.25) is 0 Å². The highest BCUT2D eigenvalue weighted by Crippen LogP contribution is 2.12. The van der Waals surface area contributed by atoms with Crippen molar-refractivity contribution in [3.05, 3.63) is 71.3 Å². The van der Waals surface area contributed by atoms with E-state index in [4.69, 9.17) is 15.7 Å². The molecule has 0 saturated heterocycles. The topological polar surface area (TPSA) is 98.9 Å². The van der Waals surface area contributed by atoms with Gasteiger partial charge in [-0.15, -0.1) is 0 Å². The van der Waals surface area contributed by atoms with Gasteiger partial charge in [0.25, 0.3) is 0 Å². The van der Waals surface area contributed by atoms with Crippen molar-refractivity contribution in [3.63, 3.8) is 0 Å². The summed E-state index contributed by atoms with van der Waals surface area (Å²) in [7, 11) is 0. The number of aryl methyl sites for hydroxylation is 1. The van der Waals surface area contributed by atoms with Gasteiger partial charge >= 0.3 is 11.9 Å². The highest BCUT2D eigenvalue weighted by atomic mass is 16.7. The van der Waals surface area contributed by atoms with E-state index in [1.807, 2.05) is 30.3 Å². The third kappa shape index (κ3) is 5.19. The molecule has 0 aliphatic carbocycles. The van der Waals surface area contributed by atoms with Gasteiger partial charge in [0.1, 0.15) is 0 Å². The molecule has 0 spiro atoms. The Hall–Kier alpha value is -2.70. The minimum atomic E-state index is -0.975. The molecular weight excluding hydrogens is 310 g/mol. The van der Waals surface area contributed by atoms with Crippen LogP contribution in [0.5, 0.6) is 0 Å². The zero-order chi connectivity index (χ0) is 17.4. The van der Waals surface area contributed by atoms with E-state index in [9.17, 15) is 9.59 Å². The Labute approximate surface area is 139 Å². The molecule has 2 rings (SSSR count). The molecule has 6 heteroatoms. The van der Waals surface area contributed by atoms with Gasteiger partial charge in [-0.2, -0.15) is 5.90 Å². The number of rotatable bonds is 8. The molecule has 0 aliphatic heterocycles. The average Bonchev–Trinajstić information content (AvgIpc) is 2.62. The number of carbonyl (C=O) groups is 2. The van der Waals surface area contributed by atoms with Crippen molar-refractivity contribution in [3.8, 4) is 0 Å². The van der Waals surface area contributed by atoms with Gasteiger partial charge in [-0.3, -0.25) is 0 Å². The first-order valence-electron chi connectivity index (χ1n) is 7.48. The maximum atomic E-state index is 11.7. The standard InChI is InChI=1S/C18H19NO5/c19-24-18(22)16(23-12-14-4-2-1-3-5-14)11-8-13-6-9-15(10-7-13)17(20)21/h1-7,9-10,16H,8,11-12,19H2,(H,20,21)/t16-/m0/s1. The molecule has 0 aromatic heterocycles. The van der Waals surface area contributed by atoms with E-state index in [1.165, 1.54) is 12.1 Å². The van der Waals surface area contributed by atoms with Crippen LogP contribution in [-0.2, 0) is 27.4 Å². The van der Waals surface area contributed by atoms with Crippen LogP contribution >= 0.6 is 0 Å². The molecule has 0 radical (unpaired) electrons. The summed E-state index contributed by atoms with van der Waals surface area (Å²) in [6.07, 6.45) is 0.137. The molecule has 0 aliphatic rings. The van der Waals surface area contributed by atoms with Crippen LogP contribution in [0, 0.1) is 0 Å². The lowest BCUT2D eigenvalue weighted by molar-refractivity contribution is -0.159. The van der Waals surface area contributed by atoms with Crippen molar-refractivity contribution in [2.75, 3.05) is 0 Å². The molecule has 1 atom stereocenters. The number of carboxylic acid groups (broad SMARTS) is 1.